The van der Waals surface area contributed by atoms with Crippen LogP contribution < -0.4 is 10.6 Å². The van der Waals surface area contributed by atoms with Crippen molar-refractivity contribution in [2.75, 3.05) is 7.11 Å². The lowest BCUT2D eigenvalue weighted by Crippen LogP contribution is -2.42. The molecule has 2 aliphatic rings. The Morgan fingerprint density at radius 3 is 2.69 bits per heavy atom. The van der Waals surface area contributed by atoms with Crippen molar-refractivity contribution in [3.8, 4) is 0 Å². The van der Waals surface area contributed by atoms with E-state index in [1.807, 2.05) is 0 Å². The molecule has 0 aromatic heterocycles. The molecule has 1 saturated carbocycles. The van der Waals surface area contributed by atoms with Gasteiger partial charge in [0.2, 0.25) is 0 Å². The highest BCUT2D eigenvalue weighted by molar-refractivity contribution is 5.88. The molecule has 0 spiro atoms. The molecule has 5 nitrogen and oxygen atoms in total. The molecular formula is C8H12N2O3. The molecule has 1 heterocycles. The van der Waals surface area contributed by atoms with E-state index in [0.29, 0.717) is 5.92 Å². The summed E-state index contributed by atoms with van der Waals surface area (Å²) >= 11 is 0. The summed E-state index contributed by atoms with van der Waals surface area (Å²) < 4.78 is 4.60. The van der Waals surface area contributed by atoms with Gasteiger partial charge in [-0.1, -0.05) is 0 Å². The lowest BCUT2D eigenvalue weighted by molar-refractivity contribution is -0.143. The number of urea groups is 1. The average molecular weight is 184 g/mol. The van der Waals surface area contributed by atoms with Gasteiger partial charge in [-0.15, -0.1) is 0 Å². The molecule has 2 N–H and O–H groups in total. The van der Waals surface area contributed by atoms with Crippen LogP contribution in [0.3, 0.4) is 0 Å². The number of hydrogen-bond acceptors (Lipinski definition) is 3. The van der Waals surface area contributed by atoms with Gasteiger partial charge >= 0.3 is 12.0 Å². The first-order valence-corrected chi connectivity index (χ1v) is 4.37. The maximum Gasteiger partial charge on any atom is 0.330 e. The summed E-state index contributed by atoms with van der Waals surface area (Å²) in [7, 11) is 1.33. The quantitative estimate of drug-likeness (QED) is 0.575. The zero-order valence-corrected chi connectivity index (χ0v) is 7.37. The molecule has 2 amide bonds. The van der Waals surface area contributed by atoms with Crippen LogP contribution in [0.2, 0.25) is 0 Å². The highest BCUT2D eigenvalue weighted by atomic mass is 16.5. The third kappa shape index (κ3) is 1.46. The van der Waals surface area contributed by atoms with Crippen molar-refractivity contribution in [3.63, 3.8) is 0 Å². The first kappa shape index (κ1) is 8.34. The van der Waals surface area contributed by atoms with Crippen LogP contribution in [0, 0.1) is 5.92 Å². The third-order valence-corrected chi connectivity index (χ3v) is 2.53. The molecule has 5 heteroatoms. The summed E-state index contributed by atoms with van der Waals surface area (Å²) in [5, 5.41) is 5.28. The number of amides is 2. The van der Waals surface area contributed by atoms with Crippen LogP contribution in [-0.2, 0) is 9.53 Å². The Kier molecular flexibility index (Phi) is 1.86. The Balaban J connectivity index is 2.06. The molecule has 0 bridgehead atoms. The molecule has 13 heavy (non-hydrogen) atoms. The van der Waals surface area contributed by atoms with Gasteiger partial charge in [-0.05, 0) is 18.8 Å². The largest absolute Gasteiger partial charge is 0.467 e. The molecular weight excluding hydrogens is 172 g/mol. The zero-order chi connectivity index (χ0) is 9.42. The van der Waals surface area contributed by atoms with Crippen molar-refractivity contribution in [3.05, 3.63) is 0 Å². The molecule has 0 aromatic carbocycles. The number of ether oxygens (including phenoxy) is 1. The molecule has 72 valence electrons. The fourth-order valence-corrected chi connectivity index (χ4v) is 1.69. The molecule has 2 atom stereocenters. The summed E-state index contributed by atoms with van der Waals surface area (Å²) in [5.41, 5.74) is 0. The van der Waals surface area contributed by atoms with Gasteiger partial charge in [0.1, 0.15) is 6.04 Å². The van der Waals surface area contributed by atoms with E-state index in [1.54, 1.807) is 0 Å². The smallest absolute Gasteiger partial charge is 0.330 e. The SMILES string of the molecule is COC(=O)C1NC(=O)NC1C1CC1. The standard InChI is InChI=1S/C8H12N2O3/c1-13-7(11)6-5(4-2-3-4)9-8(12)10-6/h4-6H,2-3H2,1H3,(H2,9,10,12). The van der Waals surface area contributed by atoms with Crippen molar-refractivity contribution in [1.29, 1.82) is 0 Å². The zero-order valence-electron chi connectivity index (χ0n) is 7.37. The van der Waals surface area contributed by atoms with Crippen molar-refractivity contribution < 1.29 is 14.3 Å². The van der Waals surface area contributed by atoms with E-state index in [1.165, 1.54) is 7.11 Å². The van der Waals surface area contributed by atoms with Crippen LogP contribution in [0.15, 0.2) is 0 Å². The van der Waals surface area contributed by atoms with Crippen LogP contribution in [0.5, 0.6) is 0 Å². The Morgan fingerprint density at radius 1 is 1.46 bits per heavy atom. The number of methoxy groups -OCH3 is 1. The maximum absolute atomic E-state index is 11.2. The summed E-state index contributed by atoms with van der Waals surface area (Å²) in [4.78, 5) is 22.2. The molecule has 1 saturated heterocycles. The molecule has 0 radical (unpaired) electrons. The van der Waals surface area contributed by atoms with Crippen LogP contribution in [-0.4, -0.2) is 31.2 Å². The van der Waals surface area contributed by atoms with Gasteiger partial charge in [-0.3, -0.25) is 0 Å². The van der Waals surface area contributed by atoms with Crippen LogP contribution >= 0.6 is 0 Å². The van der Waals surface area contributed by atoms with Gasteiger partial charge in [0.05, 0.1) is 13.2 Å². The third-order valence-electron chi connectivity index (χ3n) is 2.53. The second-order valence-electron chi connectivity index (χ2n) is 3.48. The van der Waals surface area contributed by atoms with Crippen LogP contribution in [0.4, 0.5) is 4.79 Å². The van der Waals surface area contributed by atoms with E-state index in [9.17, 15) is 9.59 Å². The van der Waals surface area contributed by atoms with E-state index < -0.39 is 6.04 Å². The van der Waals surface area contributed by atoms with Gasteiger partial charge in [-0.2, -0.15) is 0 Å². The first-order valence-electron chi connectivity index (χ1n) is 4.37. The topological polar surface area (TPSA) is 67.4 Å². The number of nitrogens with one attached hydrogen (secondary N) is 2. The van der Waals surface area contributed by atoms with Gasteiger partial charge < -0.3 is 15.4 Å². The van der Waals surface area contributed by atoms with E-state index >= 15 is 0 Å². The molecule has 0 aromatic rings. The Hall–Kier alpha value is -1.26. The van der Waals surface area contributed by atoms with Gasteiger partial charge in [0.25, 0.3) is 0 Å². The summed E-state index contributed by atoms with van der Waals surface area (Å²) in [5.74, 6) is 0.0818. The fourth-order valence-electron chi connectivity index (χ4n) is 1.69. The first-order chi connectivity index (χ1) is 6.22. The van der Waals surface area contributed by atoms with Crippen molar-refractivity contribution in [2.45, 2.75) is 24.9 Å². The van der Waals surface area contributed by atoms with Crippen LogP contribution in [0.1, 0.15) is 12.8 Å². The predicted octanol–water partition coefficient (Wildman–Crippen LogP) is -0.381. The number of carbonyl (C=O) groups excluding carboxylic acids is 2. The molecule has 2 rings (SSSR count). The van der Waals surface area contributed by atoms with E-state index in [4.69, 9.17) is 0 Å². The normalized spacial score (nSPS) is 32.2. The van der Waals surface area contributed by atoms with Crippen molar-refractivity contribution in [1.82, 2.24) is 10.6 Å². The number of hydrogen-bond donors (Lipinski definition) is 2. The van der Waals surface area contributed by atoms with Crippen molar-refractivity contribution >= 4 is 12.0 Å². The van der Waals surface area contributed by atoms with Gasteiger partial charge in [-0.25, -0.2) is 9.59 Å². The summed E-state index contributed by atoms with van der Waals surface area (Å²) in [6.45, 7) is 0. The van der Waals surface area contributed by atoms with Gasteiger partial charge in [0, 0.05) is 0 Å². The fraction of sp³-hybridized carbons (Fsp3) is 0.750. The van der Waals surface area contributed by atoms with E-state index in [-0.39, 0.29) is 18.0 Å². The Morgan fingerprint density at radius 2 is 2.15 bits per heavy atom. The number of rotatable bonds is 2. The van der Waals surface area contributed by atoms with E-state index in [0.717, 1.165) is 12.8 Å². The second-order valence-corrected chi connectivity index (χ2v) is 3.48. The highest BCUT2D eigenvalue weighted by Crippen LogP contribution is 2.35. The molecule has 2 unspecified atom stereocenters. The average Bonchev–Trinajstić information content (AvgIpc) is 2.89. The summed E-state index contributed by atoms with van der Waals surface area (Å²) in [6, 6.07) is -0.836. The Bertz CT molecular complexity index is 250. The number of esters is 1. The molecule has 1 aliphatic heterocycles. The molecule has 1 aliphatic carbocycles. The predicted molar refractivity (Wildman–Crippen MR) is 44.0 cm³/mol. The van der Waals surface area contributed by atoms with Crippen molar-refractivity contribution in [2.24, 2.45) is 5.92 Å². The minimum atomic E-state index is -0.495. The number of carbonyl (C=O) groups is 2. The lowest BCUT2D eigenvalue weighted by Gasteiger charge is -2.14. The monoisotopic (exact) mass is 184 g/mol. The lowest BCUT2D eigenvalue weighted by atomic mass is 10.1. The van der Waals surface area contributed by atoms with Gasteiger partial charge in [0.15, 0.2) is 0 Å². The minimum absolute atomic E-state index is 0.0695. The minimum Gasteiger partial charge on any atom is -0.467 e. The maximum atomic E-state index is 11.2. The van der Waals surface area contributed by atoms with Crippen LogP contribution in [0.25, 0.3) is 0 Å². The summed E-state index contributed by atoms with van der Waals surface area (Å²) in [6.07, 6.45) is 2.17. The molecule has 2 fully saturated rings. The Labute approximate surface area is 75.8 Å². The second kappa shape index (κ2) is 2.90. The highest BCUT2D eigenvalue weighted by Gasteiger charge is 2.46. The van der Waals surface area contributed by atoms with E-state index in [2.05, 4.69) is 15.4 Å².